The van der Waals surface area contributed by atoms with Crippen LogP contribution in [0, 0.1) is 0 Å². The van der Waals surface area contributed by atoms with Crippen LogP contribution in [0.25, 0.3) is 0 Å². The van der Waals surface area contributed by atoms with Gasteiger partial charge < -0.3 is 16.2 Å². The molecule has 1 atom stereocenters. The predicted octanol–water partition coefficient (Wildman–Crippen LogP) is 1.26. The van der Waals surface area contributed by atoms with Crippen LogP contribution in [0.2, 0.25) is 0 Å². The van der Waals surface area contributed by atoms with E-state index in [0.717, 1.165) is 6.61 Å². The van der Waals surface area contributed by atoms with Crippen molar-refractivity contribution in [3.8, 4) is 0 Å². The average Bonchev–Trinajstić information content (AvgIpc) is 2.80. The molecular formula is C9H14N2O. The Labute approximate surface area is 72.3 Å². The van der Waals surface area contributed by atoms with E-state index in [2.05, 4.69) is 6.92 Å². The van der Waals surface area contributed by atoms with Gasteiger partial charge in [-0.1, -0.05) is 12.1 Å². The lowest BCUT2D eigenvalue weighted by Gasteiger charge is -1.94. The van der Waals surface area contributed by atoms with Crippen molar-refractivity contribution in [1.29, 1.82) is 0 Å². The maximum atomic E-state index is 5.39. The van der Waals surface area contributed by atoms with Gasteiger partial charge in [-0.15, -0.1) is 0 Å². The fraction of sp³-hybridized carbons (Fsp3) is 0.333. The van der Waals surface area contributed by atoms with E-state index >= 15 is 0 Å². The monoisotopic (exact) mass is 166 g/mol. The molecule has 1 aromatic carbocycles. The molecule has 1 aliphatic rings. The van der Waals surface area contributed by atoms with Crippen LogP contribution in [0.1, 0.15) is 6.92 Å². The van der Waals surface area contributed by atoms with Crippen LogP contribution >= 0.6 is 0 Å². The first-order valence-electron chi connectivity index (χ1n) is 3.91. The topological polar surface area (TPSA) is 64.6 Å². The summed E-state index contributed by atoms with van der Waals surface area (Å²) < 4.78 is 4.71. The number of para-hydroxylation sites is 2. The second-order valence-electron chi connectivity index (χ2n) is 2.77. The second-order valence-corrected chi connectivity index (χ2v) is 2.77. The SMILES string of the molecule is CC1CO1.Nc1ccccc1N. The molecule has 1 aliphatic heterocycles. The first kappa shape index (κ1) is 8.87. The lowest BCUT2D eigenvalue weighted by atomic mass is 10.3. The third kappa shape index (κ3) is 3.25. The minimum Gasteiger partial charge on any atom is -0.397 e. The van der Waals surface area contributed by atoms with E-state index in [-0.39, 0.29) is 0 Å². The van der Waals surface area contributed by atoms with E-state index in [4.69, 9.17) is 16.2 Å². The average molecular weight is 166 g/mol. The highest BCUT2D eigenvalue weighted by atomic mass is 16.6. The van der Waals surface area contributed by atoms with E-state index in [1.54, 1.807) is 12.1 Å². The van der Waals surface area contributed by atoms with E-state index in [1.165, 1.54) is 0 Å². The molecule has 0 amide bonds. The molecule has 4 N–H and O–H groups in total. The summed E-state index contributed by atoms with van der Waals surface area (Å²) in [5, 5.41) is 0. The summed E-state index contributed by atoms with van der Waals surface area (Å²) in [5.41, 5.74) is 12.1. The van der Waals surface area contributed by atoms with Crippen LogP contribution in [0.5, 0.6) is 0 Å². The fourth-order valence-corrected chi connectivity index (χ4v) is 0.607. The van der Waals surface area contributed by atoms with Gasteiger partial charge in [0, 0.05) is 0 Å². The number of hydrogen-bond donors (Lipinski definition) is 2. The van der Waals surface area contributed by atoms with Gasteiger partial charge in [0.2, 0.25) is 0 Å². The largest absolute Gasteiger partial charge is 0.397 e. The zero-order chi connectivity index (χ0) is 8.97. The smallest absolute Gasteiger partial charge is 0.0781 e. The van der Waals surface area contributed by atoms with Crippen LogP contribution in [-0.4, -0.2) is 12.7 Å². The summed E-state index contributed by atoms with van der Waals surface area (Å²) in [6.07, 6.45) is 0.583. The Balaban J connectivity index is 0.000000150. The number of hydrogen-bond acceptors (Lipinski definition) is 3. The zero-order valence-corrected chi connectivity index (χ0v) is 7.16. The van der Waals surface area contributed by atoms with Crippen molar-refractivity contribution in [2.24, 2.45) is 0 Å². The lowest BCUT2D eigenvalue weighted by Crippen LogP contribution is -1.91. The zero-order valence-electron chi connectivity index (χ0n) is 7.16. The molecule has 3 heteroatoms. The number of anilines is 2. The Morgan fingerprint density at radius 1 is 1.25 bits per heavy atom. The van der Waals surface area contributed by atoms with E-state index < -0.39 is 0 Å². The molecule has 2 rings (SSSR count). The molecule has 0 spiro atoms. The Morgan fingerprint density at radius 3 is 1.75 bits per heavy atom. The molecule has 0 bridgehead atoms. The summed E-state index contributed by atoms with van der Waals surface area (Å²) in [4.78, 5) is 0. The van der Waals surface area contributed by atoms with Gasteiger partial charge in [-0.3, -0.25) is 0 Å². The number of nitrogen functional groups attached to an aromatic ring is 2. The maximum Gasteiger partial charge on any atom is 0.0781 e. The molecule has 1 saturated heterocycles. The van der Waals surface area contributed by atoms with Crippen LogP contribution < -0.4 is 11.5 Å². The minimum atomic E-state index is 0.583. The highest BCUT2D eigenvalue weighted by Crippen LogP contribution is 2.10. The molecule has 1 fully saturated rings. The van der Waals surface area contributed by atoms with Gasteiger partial charge in [-0.25, -0.2) is 0 Å². The first-order chi connectivity index (χ1) is 5.70. The number of nitrogens with two attached hydrogens (primary N) is 2. The normalized spacial score (nSPS) is 19.2. The third-order valence-corrected chi connectivity index (χ3v) is 1.50. The Morgan fingerprint density at radius 2 is 1.58 bits per heavy atom. The van der Waals surface area contributed by atoms with Crippen LogP contribution in [0.4, 0.5) is 11.4 Å². The maximum absolute atomic E-state index is 5.39. The number of benzene rings is 1. The third-order valence-electron chi connectivity index (χ3n) is 1.50. The van der Waals surface area contributed by atoms with Gasteiger partial charge in [0.15, 0.2) is 0 Å². The van der Waals surface area contributed by atoms with Crippen LogP contribution in [-0.2, 0) is 4.74 Å². The van der Waals surface area contributed by atoms with Crippen molar-refractivity contribution < 1.29 is 4.74 Å². The second kappa shape index (κ2) is 3.97. The van der Waals surface area contributed by atoms with Crippen molar-refractivity contribution in [2.75, 3.05) is 18.1 Å². The summed E-state index contributed by atoms with van der Waals surface area (Å²) in [7, 11) is 0. The summed E-state index contributed by atoms with van der Waals surface area (Å²) in [6, 6.07) is 7.25. The van der Waals surface area contributed by atoms with Gasteiger partial charge in [0.05, 0.1) is 24.1 Å². The van der Waals surface area contributed by atoms with Gasteiger partial charge in [0.25, 0.3) is 0 Å². The molecule has 12 heavy (non-hydrogen) atoms. The van der Waals surface area contributed by atoms with Crippen LogP contribution in [0.3, 0.4) is 0 Å². The molecule has 3 nitrogen and oxygen atoms in total. The van der Waals surface area contributed by atoms with Crippen LogP contribution in [0.15, 0.2) is 24.3 Å². The molecular weight excluding hydrogens is 152 g/mol. The number of ether oxygens (including phenoxy) is 1. The van der Waals surface area contributed by atoms with E-state index in [9.17, 15) is 0 Å². The van der Waals surface area contributed by atoms with Crippen molar-refractivity contribution in [2.45, 2.75) is 13.0 Å². The van der Waals surface area contributed by atoms with Gasteiger partial charge in [0.1, 0.15) is 0 Å². The predicted molar refractivity (Wildman–Crippen MR) is 50.7 cm³/mol. The van der Waals surface area contributed by atoms with Gasteiger partial charge in [-0.05, 0) is 19.1 Å². The molecule has 1 unspecified atom stereocenters. The molecule has 0 saturated carbocycles. The molecule has 1 aromatic rings. The summed E-state index contributed by atoms with van der Waals surface area (Å²) in [5.74, 6) is 0. The Hall–Kier alpha value is -1.22. The first-order valence-corrected chi connectivity index (χ1v) is 3.91. The standard InChI is InChI=1S/C6H8N2.C3H6O/c7-5-3-1-2-4-6(5)8;1-3-2-4-3/h1-4H,7-8H2;3H,2H2,1H3. The van der Waals surface area contributed by atoms with Gasteiger partial charge >= 0.3 is 0 Å². The Kier molecular flexibility index (Phi) is 2.94. The minimum absolute atomic E-state index is 0.583. The summed E-state index contributed by atoms with van der Waals surface area (Å²) >= 11 is 0. The van der Waals surface area contributed by atoms with E-state index in [1.807, 2.05) is 12.1 Å². The molecule has 0 radical (unpaired) electrons. The number of epoxide rings is 1. The number of rotatable bonds is 0. The van der Waals surface area contributed by atoms with E-state index in [0.29, 0.717) is 17.5 Å². The Bertz CT molecular complexity index is 225. The van der Waals surface area contributed by atoms with Crippen molar-refractivity contribution >= 4 is 11.4 Å². The molecule has 0 aromatic heterocycles. The van der Waals surface area contributed by atoms with Crippen molar-refractivity contribution in [3.63, 3.8) is 0 Å². The quantitative estimate of drug-likeness (QED) is 0.450. The fourth-order valence-electron chi connectivity index (χ4n) is 0.607. The highest BCUT2D eigenvalue weighted by Gasteiger charge is 2.13. The van der Waals surface area contributed by atoms with Crippen molar-refractivity contribution in [3.05, 3.63) is 24.3 Å². The molecule has 1 heterocycles. The highest BCUT2D eigenvalue weighted by molar-refractivity contribution is 5.62. The molecule has 0 aliphatic carbocycles. The summed E-state index contributed by atoms with van der Waals surface area (Å²) in [6.45, 7) is 3.04. The van der Waals surface area contributed by atoms with Gasteiger partial charge in [-0.2, -0.15) is 0 Å². The van der Waals surface area contributed by atoms with Crippen molar-refractivity contribution in [1.82, 2.24) is 0 Å². The molecule has 66 valence electrons. The lowest BCUT2D eigenvalue weighted by molar-refractivity contribution is 0.423.